The average molecular weight is 249 g/mol. The third-order valence-corrected chi connectivity index (χ3v) is 2.97. The Hall–Kier alpha value is -1.85. The van der Waals surface area contributed by atoms with E-state index in [1.54, 1.807) is 30.3 Å². The molecule has 4 nitrogen and oxygen atoms in total. The van der Waals surface area contributed by atoms with E-state index in [-0.39, 0.29) is 10.6 Å². The fraction of sp³-hybridized carbons (Fsp3) is 0. The zero-order valence-corrected chi connectivity index (χ0v) is 9.55. The van der Waals surface area contributed by atoms with Gasteiger partial charge in [-0.2, -0.15) is 0 Å². The van der Waals surface area contributed by atoms with Gasteiger partial charge in [-0.3, -0.25) is 0 Å². The third-order valence-electron chi connectivity index (χ3n) is 2.09. The van der Waals surface area contributed by atoms with E-state index >= 15 is 0 Å². The van der Waals surface area contributed by atoms with Crippen LogP contribution in [-0.4, -0.2) is 13.0 Å². The molecular weight excluding hydrogens is 240 g/mol. The Balaban J connectivity index is 2.41. The van der Waals surface area contributed by atoms with Crippen molar-refractivity contribution in [1.82, 2.24) is 0 Å². The molecule has 0 aromatic heterocycles. The van der Waals surface area contributed by atoms with Gasteiger partial charge in [0.15, 0.2) is 0 Å². The Bertz CT molecular complexity index is 605. The van der Waals surface area contributed by atoms with E-state index in [4.69, 9.17) is 4.74 Å². The molecule has 0 aliphatic heterocycles. The minimum absolute atomic E-state index is 0.0358. The van der Waals surface area contributed by atoms with E-state index < -0.39 is 10.1 Å². The van der Waals surface area contributed by atoms with Crippen LogP contribution in [0.3, 0.4) is 0 Å². The molecule has 2 aromatic carbocycles. The summed E-state index contributed by atoms with van der Waals surface area (Å²) in [6.07, 6.45) is 0. The highest BCUT2D eigenvalue weighted by atomic mass is 32.2. The maximum Gasteiger partial charge on any atom is 0.144 e. The van der Waals surface area contributed by atoms with Gasteiger partial charge in [0.1, 0.15) is 21.6 Å². The first kappa shape index (κ1) is 11.6. The van der Waals surface area contributed by atoms with Gasteiger partial charge in [-0.15, -0.1) is 0 Å². The number of benzene rings is 2. The second-order valence-electron chi connectivity index (χ2n) is 3.32. The van der Waals surface area contributed by atoms with Crippen LogP contribution in [0, 0.1) is 0 Å². The van der Waals surface area contributed by atoms with E-state index in [9.17, 15) is 13.0 Å². The first-order valence-corrected chi connectivity index (χ1v) is 6.26. The van der Waals surface area contributed by atoms with Crippen molar-refractivity contribution in [1.29, 1.82) is 0 Å². The molecule has 2 aromatic rings. The molecule has 0 radical (unpaired) electrons. The summed E-state index contributed by atoms with van der Waals surface area (Å²) in [7, 11) is -4.53. The van der Waals surface area contributed by atoms with Gasteiger partial charge in [-0.1, -0.05) is 30.3 Å². The molecule has 0 fully saturated rings. The van der Waals surface area contributed by atoms with E-state index in [1.807, 2.05) is 6.07 Å². The summed E-state index contributed by atoms with van der Waals surface area (Å²) in [5.74, 6) is 0.511. The molecule has 0 unspecified atom stereocenters. The quantitative estimate of drug-likeness (QED) is 0.783. The second kappa shape index (κ2) is 4.57. The highest BCUT2D eigenvalue weighted by Gasteiger charge is 2.09. The Labute approximate surface area is 99.2 Å². The molecule has 2 rings (SSSR count). The fourth-order valence-electron chi connectivity index (χ4n) is 1.36. The lowest BCUT2D eigenvalue weighted by Crippen LogP contribution is -2.01. The number of hydrogen-bond acceptors (Lipinski definition) is 4. The maximum atomic E-state index is 11.0. The van der Waals surface area contributed by atoms with Crippen LogP contribution in [0.4, 0.5) is 0 Å². The van der Waals surface area contributed by atoms with Gasteiger partial charge < -0.3 is 9.29 Å². The summed E-state index contributed by atoms with van der Waals surface area (Å²) in [6.45, 7) is 0. The van der Waals surface area contributed by atoms with Gasteiger partial charge in [-0.25, -0.2) is 8.42 Å². The minimum Gasteiger partial charge on any atom is -0.744 e. The topological polar surface area (TPSA) is 66.4 Å². The lowest BCUT2D eigenvalue weighted by Gasteiger charge is -2.13. The monoisotopic (exact) mass is 249 g/mol. The van der Waals surface area contributed by atoms with Crippen molar-refractivity contribution in [3.63, 3.8) is 0 Å². The molecule has 0 atom stereocenters. The maximum absolute atomic E-state index is 11.0. The van der Waals surface area contributed by atoms with E-state index in [1.165, 1.54) is 18.2 Å². The summed E-state index contributed by atoms with van der Waals surface area (Å²) < 4.78 is 38.4. The van der Waals surface area contributed by atoms with Crippen molar-refractivity contribution in [2.45, 2.75) is 4.90 Å². The largest absolute Gasteiger partial charge is 0.744 e. The first-order chi connectivity index (χ1) is 8.07. The van der Waals surface area contributed by atoms with Gasteiger partial charge in [-0.05, 0) is 24.3 Å². The zero-order valence-electron chi connectivity index (χ0n) is 8.74. The standard InChI is InChI=1S/C12H10O4S/c13-17(14,15)12-9-5-4-8-11(12)16-10-6-2-1-3-7-10/h1-9H,(H,13,14,15)/p-1. The lowest BCUT2D eigenvalue weighted by molar-refractivity contribution is 0.440. The molecular formula is C12H9O4S-. The van der Waals surface area contributed by atoms with Gasteiger partial charge in [0.05, 0.1) is 4.90 Å². The molecule has 5 heteroatoms. The average Bonchev–Trinajstić information content (AvgIpc) is 2.30. The third kappa shape index (κ3) is 2.83. The minimum atomic E-state index is -4.53. The van der Waals surface area contributed by atoms with Crippen LogP contribution in [0.5, 0.6) is 11.5 Å². The van der Waals surface area contributed by atoms with Crippen LogP contribution in [-0.2, 0) is 10.1 Å². The van der Waals surface area contributed by atoms with Crippen molar-refractivity contribution in [2.75, 3.05) is 0 Å². The van der Waals surface area contributed by atoms with Crippen LogP contribution < -0.4 is 4.74 Å². The van der Waals surface area contributed by atoms with Crippen LogP contribution >= 0.6 is 0 Å². The van der Waals surface area contributed by atoms with Crippen molar-refractivity contribution in [3.8, 4) is 11.5 Å². The Kier molecular flexibility index (Phi) is 3.12. The molecule has 0 spiro atoms. The summed E-state index contributed by atoms with van der Waals surface area (Å²) >= 11 is 0. The Morgan fingerprint density at radius 1 is 0.882 bits per heavy atom. The molecule has 88 valence electrons. The van der Waals surface area contributed by atoms with Crippen LogP contribution in [0.1, 0.15) is 0 Å². The van der Waals surface area contributed by atoms with E-state index in [0.717, 1.165) is 0 Å². The molecule has 0 heterocycles. The first-order valence-electron chi connectivity index (χ1n) is 4.85. The summed E-state index contributed by atoms with van der Waals surface area (Å²) in [6, 6.07) is 14.4. The van der Waals surface area contributed by atoms with E-state index in [0.29, 0.717) is 5.75 Å². The predicted octanol–water partition coefficient (Wildman–Crippen LogP) is 2.38. The zero-order chi connectivity index (χ0) is 12.3. The molecule has 0 amide bonds. The van der Waals surface area contributed by atoms with Gasteiger partial charge in [0, 0.05) is 0 Å². The second-order valence-corrected chi connectivity index (χ2v) is 4.66. The van der Waals surface area contributed by atoms with Crippen molar-refractivity contribution in [2.24, 2.45) is 0 Å². The normalized spacial score (nSPS) is 11.1. The highest BCUT2D eigenvalue weighted by Crippen LogP contribution is 2.27. The number of rotatable bonds is 3. The number of para-hydroxylation sites is 2. The number of ether oxygens (including phenoxy) is 1. The summed E-state index contributed by atoms with van der Waals surface area (Å²) in [5.41, 5.74) is 0. The fourth-order valence-corrected chi connectivity index (χ4v) is 1.96. The van der Waals surface area contributed by atoms with Crippen LogP contribution in [0.2, 0.25) is 0 Å². The SMILES string of the molecule is O=S(=O)([O-])c1ccccc1Oc1ccccc1. The number of hydrogen-bond donors (Lipinski definition) is 0. The van der Waals surface area contributed by atoms with Crippen molar-refractivity contribution in [3.05, 3.63) is 54.6 Å². The van der Waals surface area contributed by atoms with E-state index in [2.05, 4.69) is 0 Å². The van der Waals surface area contributed by atoms with Gasteiger partial charge in [0.25, 0.3) is 0 Å². The van der Waals surface area contributed by atoms with Gasteiger partial charge >= 0.3 is 0 Å². The van der Waals surface area contributed by atoms with Crippen molar-refractivity contribution < 1.29 is 17.7 Å². The molecule has 0 aliphatic carbocycles. The summed E-state index contributed by atoms with van der Waals surface area (Å²) in [4.78, 5) is -0.358. The molecule has 0 aliphatic rings. The lowest BCUT2D eigenvalue weighted by atomic mass is 10.3. The predicted molar refractivity (Wildman–Crippen MR) is 60.9 cm³/mol. The molecule has 0 saturated carbocycles. The smallest absolute Gasteiger partial charge is 0.144 e. The van der Waals surface area contributed by atoms with Gasteiger partial charge in [0.2, 0.25) is 0 Å². The molecule has 0 saturated heterocycles. The molecule has 0 bridgehead atoms. The van der Waals surface area contributed by atoms with Crippen LogP contribution in [0.25, 0.3) is 0 Å². The van der Waals surface area contributed by atoms with Crippen molar-refractivity contribution >= 4 is 10.1 Å². The Morgan fingerprint density at radius 2 is 1.47 bits per heavy atom. The molecule has 17 heavy (non-hydrogen) atoms. The van der Waals surface area contributed by atoms with Crippen LogP contribution in [0.15, 0.2) is 59.5 Å². The molecule has 0 N–H and O–H groups in total. The summed E-state index contributed by atoms with van der Waals surface area (Å²) in [5, 5.41) is 0. The Morgan fingerprint density at radius 3 is 2.12 bits per heavy atom. The highest BCUT2D eigenvalue weighted by molar-refractivity contribution is 7.85.